The molecule has 1 fully saturated rings. The van der Waals surface area contributed by atoms with Crippen molar-refractivity contribution in [2.24, 2.45) is 0 Å². The lowest BCUT2D eigenvalue weighted by Gasteiger charge is -2.22. The van der Waals surface area contributed by atoms with Gasteiger partial charge in [0.1, 0.15) is 11.6 Å². The Labute approximate surface area is 158 Å². The number of hydrogen-bond donors (Lipinski definition) is 3. The Bertz CT molecular complexity index is 746. The lowest BCUT2D eigenvalue weighted by atomic mass is 9.96. The number of halogens is 1. The van der Waals surface area contributed by atoms with Crippen molar-refractivity contribution in [2.45, 2.75) is 38.1 Å². The van der Waals surface area contributed by atoms with Crippen LogP contribution in [-0.2, 0) is 0 Å². The van der Waals surface area contributed by atoms with Crippen LogP contribution < -0.4 is 20.7 Å². The van der Waals surface area contributed by atoms with Crippen LogP contribution in [0.4, 0.5) is 22.0 Å². The van der Waals surface area contributed by atoms with Gasteiger partial charge >= 0.3 is 6.03 Å². The monoisotopic (exact) mass is 374 g/mol. The molecule has 138 valence electrons. The van der Waals surface area contributed by atoms with E-state index < -0.39 is 0 Å². The summed E-state index contributed by atoms with van der Waals surface area (Å²) in [4.78, 5) is 16.3. The van der Waals surface area contributed by atoms with Gasteiger partial charge in [-0.2, -0.15) is 0 Å². The van der Waals surface area contributed by atoms with Crippen molar-refractivity contribution >= 4 is 34.8 Å². The molecule has 1 saturated carbocycles. The van der Waals surface area contributed by atoms with Gasteiger partial charge in [0.25, 0.3) is 0 Å². The highest BCUT2D eigenvalue weighted by molar-refractivity contribution is 6.32. The third-order valence-electron chi connectivity index (χ3n) is 4.39. The maximum Gasteiger partial charge on any atom is 0.320 e. The fourth-order valence-electron chi connectivity index (χ4n) is 3.04. The largest absolute Gasteiger partial charge is 0.495 e. The number of ether oxygens (including phenoxy) is 1. The number of carbonyl (C=O) groups excluding carboxylic acids is 1. The summed E-state index contributed by atoms with van der Waals surface area (Å²) in [6.07, 6.45) is 7.38. The lowest BCUT2D eigenvalue weighted by Crippen LogP contribution is -2.39. The molecule has 0 spiro atoms. The van der Waals surface area contributed by atoms with Crippen LogP contribution in [0.25, 0.3) is 0 Å². The zero-order chi connectivity index (χ0) is 18.4. The SMILES string of the molecule is COc1ccc(Nc2ccc(NC(=O)NC3CCCCC3)nc2)cc1Cl. The van der Waals surface area contributed by atoms with Gasteiger partial charge in [0.15, 0.2) is 0 Å². The number of amides is 2. The standard InChI is InChI=1S/C19H23ClN4O2/c1-26-17-9-7-14(11-16(17)20)22-15-8-10-18(21-12-15)24-19(25)23-13-5-3-2-4-6-13/h7-13,22H,2-6H2,1H3,(H2,21,23,24,25). The molecule has 1 heterocycles. The summed E-state index contributed by atoms with van der Waals surface area (Å²) in [5, 5.41) is 9.53. The lowest BCUT2D eigenvalue weighted by molar-refractivity contribution is 0.244. The van der Waals surface area contributed by atoms with E-state index >= 15 is 0 Å². The molecule has 7 heteroatoms. The van der Waals surface area contributed by atoms with Crippen LogP contribution in [0.2, 0.25) is 5.02 Å². The Morgan fingerprint density at radius 2 is 1.92 bits per heavy atom. The first-order valence-electron chi connectivity index (χ1n) is 8.78. The van der Waals surface area contributed by atoms with E-state index in [1.54, 1.807) is 31.5 Å². The van der Waals surface area contributed by atoms with Gasteiger partial charge in [-0.1, -0.05) is 30.9 Å². The topological polar surface area (TPSA) is 75.3 Å². The van der Waals surface area contributed by atoms with E-state index in [-0.39, 0.29) is 12.1 Å². The molecule has 1 aromatic carbocycles. The average Bonchev–Trinajstić information content (AvgIpc) is 2.64. The van der Waals surface area contributed by atoms with E-state index in [2.05, 4.69) is 20.9 Å². The fraction of sp³-hybridized carbons (Fsp3) is 0.368. The molecule has 0 radical (unpaired) electrons. The minimum atomic E-state index is -0.202. The third kappa shape index (κ3) is 5.02. The van der Waals surface area contributed by atoms with Crippen molar-refractivity contribution in [1.82, 2.24) is 10.3 Å². The molecule has 2 aromatic rings. The number of aromatic nitrogens is 1. The Balaban J connectivity index is 1.54. The second-order valence-electron chi connectivity index (χ2n) is 6.34. The predicted octanol–water partition coefficient (Wildman–Crippen LogP) is 4.94. The van der Waals surface area contributed by atoms with Crippen LogP contribution in [0.15, 0.2) is 36.5 Å². The van der Waals surface area contributed by atoms with Gasteiger partial charge in [-0.25, -0.2) is 9.78 Å². The maximum absolute atomic E-state index is 12.1. The molecule has 3 N–H and O–H groups in total. The minimum Gasteiger partial charge on any atom is -0.495 e. The molecule has 2 amide bonds. The summed E-state index contributed by atoms with van der Waals surface area (Å²) in [5.41, 5.74) is 1.62. The first-order valence-corrected chi connectivity index (χ1v) is 9.16. The van der Waals surface area contributed by atoms with E-state index in [4.69, 9.17) is 16.3 Å². The van der Waals surface area contributed by atoms with Crippen molar-refractivity contribution < 1.29 is 9.53 Å². The molecule has 26 heavy (non-hydrogen) atoms. The maximum atomic E-state index is 12.1. The molecular formula is C19H23ClN4O2. The first-order chi connectivity index (χ1) is 12.6. The summed E-state index contributed by atoms with van der Waals surface area (Å²) < 4.78 is 5.14. The molecule has 1 aliphatic rings. The van der Waals surface area contributed by atoms with E-state index in [9.17, 15) is 4.79 Å². The second-order valence-corrected chi connectivity index (χ2v) is 6.75. The Hall–Kier alpha value is -2.47. The molecule has 0 atom stereocenters. The second kappa shape index (κ2) is 8.76. The van der Waals surface area contributed by atoms with Crippen LogP contribution in [0.1, 0.15) is 32.1 Å². The summed E-state index contributed by atoms with van der Waals surface area (Å²) in [7, 11) is 1.58. The van der Waals surface area contributed by atoms with Gasteiger partial charge < -0.3 is 15.4 Å². The smallest absolute Gasteiger partial charge is 0.320 e. The van der Waals surface area contributed by atoms with Crippen LogP contribution in [-0.4, -0.2) is 24.2 Å². The number of anilines is 3. The summed E-state index contributed by atoms with van der Waals surface area (Å²) in [6.45, 7) is 0. The van der Waals surface area contributed by atoms with Gasteiger partial charge in [0.05, 0.1) is 24.0 Å². The van der Waals surface area contributed by atoms with Crippen molar-refractivity contribution in [2.75, 3.05) is 17.7 Å². The predicted molar refractivity (Wildman–Crippen MR) is 105 cm³/mol. The van der Waals surface area contributed by atoms with E-state index in [0.717, 1.165) is 24.2 Å². The van der Waals surface area contributed by atoms with Crippen LogP contribution in [0.3, 0.4) is 0 Å². The third-order valence-corrected chi connectivity index (χ3v) is 4.68. The number of hydrogen-bond acceptors (Lipinski definition) is 4. The number of nitrogens with one attached hydrogen (secondary N) is 3. The molecule has 3 rings (SSSR count). The molecule has 6 nitrogen and oxygen atoms in total. The van der Waals surface area contributed by atoms with Crippen molar-refractivity contribution in [3.63, 3.8) is 0 Å². The zero-order valence-corrected chi connectivity index (χ0v) is 15.5. The van der Waals surface area contributed by atoms with Crippen molar-refractivity contribution in [3.05, 3.63) is 41.6 Å². The molecule has 1 aromatic heterocycles. The van der Waals surface area contributed by atoms with E-state index in [0.29, 0.717) is 16.6 Å². The summed E-state index contributed by atoms with van der Waals surface area (Å²) in [5.74, 6) is 1.13. The molecule has 0 saturated heterocycles. The fourth-order valence-corrected chi connectivity index (χ4v) is 3.29. The molecule has 1 aliphatic carbocycles. The minimum absolute atomic E-state index is 0.202. The number of pyridine rings is 1. The number of urea groups is 1. The van der Waals surface area contributed by atoms with Gasteiger partial charge in [-0.15, -0.1) is 0 Å². The Morgan fingerprint density at radius 1 is 1.15 bits per heavy atom. The summed E-state index contributed by atoms with van der Waals surface area (Å²) >= 11 is 6.12. The van der Waals surface area contributed by atoms with Crippen LogP contribution >= 0.6 is 11.6 Å². The number of methoxy groups -OCH3 is 1. The Kier molecular flexibility index (Phi) is 6.17. The highest BCUT2D eigenvalue weighted by Crippen LogP contribution is 2.28. The number of nitrogens with zero attached hydrogens (tertiary/aromatic N) is 1. The van der Waals surface area contributed by atoms with E-state index in [1.807, 2.05) is 12.1 Å². The first kappa shape index (κ1) is 18.3. The normalized spacial score (nSPS) is 14.5. The zero-order valence-electron chi connectivity index (χ0n) is 14.7. The molecule has 0 aliphatic heterocycles. The average molecular weight is 375 g/mol. The quantitative estimate of drug-likeness (QED) is 0.692. The van der Waals surface area contributed by atoms with Crippen LogP contribution in [0, 0.1) is 0 Å². The molecular weight excluding hydrogens is 352 g/mol. The van der Waals surface area contributed by atoms with Gasteiger partial charge in [-0.3, -0.25) is 5.32 Å². The van der Waals surface area contributed by atoms with Gasteiger partial charge in [0.2, 0.25) is 0 Å². The number of rotatable bonds is 5. The number of benzene rings is 1. The van der Waals surface area contributed by atoms with E-state index in [1.165, 1.54) is 19.3 Å². The van der Waals surface area contributed by atoms with Crippen molar-refractivity contribution in [1.29, 1.82) is 0 Å². The molecule has 0 unspecified atom stereocenters. The van der Waals surface area contributed by atoms with Crippen molar-refractivity contribution in [3.8, 4) is 5.75 Å². The summed E-state index contributed by atoms with van der Waals surface area (Å²) in [6, 6.07) is 9.12. The van der Waals surface area contributed by atoms with Crippen LogP contribution in [0.5, 0.6) is 5.75 Å². The van der Waals surface area contributed by atoms with Gasteiger partial charge in [0, 0.05) is 11.7 Å². The highest BCUT2D eigenvalue weighted by Gasteiger charge is 2.15. The van der Waals surface area contributed by atoms with Gasteiger partial charge in [-0.05, 0) is 43.2 Å². The number of carbonyl (C=O) groups is 1. The Morgan fingerprint density at radius 3 is 2.58 bits per heavy atom. The molecule has 0 bridgehead atoms. The highest BCUT2D eigenvalue weighted by atomic mass is 35.5.